The number of nitrogens with one attached hydrogen (secondary N) is 1. The van der Waals surface area contributed by atoms with E-state index in [9.17, 15) is 4.79 Å². The van der Waals surface area contributed by atoms with Gasteiger partial charge in [-0.25, -0.2) is 0 Å². The fourth-order valence-corrected chi connectivity index (χ4v) is 2.82. The summed E-state index contributed by atoms with van der Waals surface area (Å²) in [6.45, 7) is 9.04. The zero-order chi connectivity index (χ0) is 13.9. The summed E-state index contributed by atoms with van der Waals surface area (Å²) in [6.07, 6.45) is 2.06. The van der Waals surface area contributed by atoms with Crippen LogP contribution in [0, 0.1) is 0 Å². The highest BCUT2D eigenvalue weighted by Crippen LogP contribution is 2.17. The smallest absolute Gasteiger partial charge is 0.248 e. The van der Waals surface area contributed by atoms with E-state index in [1.54, 1.807) is 0 Å². The molecule has 2 rings (SSSR count). The Balaban J connectivity index is 1.88. The number of likely N-dealkylation sites (N-methyl/N-ethyl adjacent to an activating group) is 1. The Hall–Kier alpha value is -0.650. The third-order valence-corrected chi connectivity index (χ3v) is 4.24. The van der Waals surface area contributed by atoms with Gasteiger partial charge in [-0.2, -0.15) is 0 Å². The molecule has 0 aromatic heterocycles. The van der Waals surface area contributed by atoms with Crippen LogP contribution in [0.1, 0.15) is 26.7 Å². The molecular formula is C14H27N3O2. The number of carbonyl (C=O) groups is 1. The minimum absolute atomic E-state index is 0.139. The molecule has 2 aliphatic heterocycles. The van der Waals surface area contributed by atoms with Crippen LogP contribution < -0.4 is 5.32 Å². The topological polar surface area (TPSA) is 44.8 Å². The Morgan fingerprint density at radius 2 is 2.16 bits per heavy atom. The highest BCUT2D eigenvalue weighted by Gasteiger charge is 2.34. The molecule has 2 heterocycles. The summed E-state index contributed by atoms with van der Waals surface area (Å²) in [6, 6.07) is 0.330. The van der Waals surface area contributed by atoms with Crippen LogP contribution in [0.25, 0.3) is 0 Å². The quantitative estimate of drug-likeness (QED) is 0.798. The Morgan fingerprint density at radius 3 is 2.74 bits per heavy atom. The second-order valence-electron chi connectivity index (χ2n) is 6.11. The molecule has 1 unspecified atom stereocenters. The summed E-state index contributed by atoms with van der Waals surface area (Å²) in [5.74, 6) is 0.148. The molecule has 1 atom stereocenters. The molecule has 19 heavy (non-hydrogen) atoms. The van der Waals surface area contributed by atoms with Crippen LogP contribution in [-0.4, -0.2) is 73.7 Å². The van der Waals surface area contributed by atoms with Gasteiger partial charge < -0.3 is 19.9 Å². The average molecular weight is 269 g/mol. The molecule has 1 N–H and O–H groups in total. The predicted octanol–water partition coefficient (Wildman–Crippen LogP) is 0.308. The Morgan fingerprint density at radius 1 is 1.42 bits per heavy atom. The predicted molar refractivity (Wildman–Crippen MR) is 75.1 cm³/mol. The minimum atomic E-state index is -0.139. The van der Waals surface area contributed by atoms with Crippen LogP contribution >= 0.6 is 0 Å². The van der Waals surface area contributed by atoms with Gasteiger partial charge in [-0.1, -0.05) is 6.92 Å². The maximum Gasteiger partial charge on any atom is 0.248 e. The van der Waals surface area contributed by atoms with Crippen LogP contribution in [0.5, 0.6) is 0 Å². The fraction of sp³-hybridized carbons (Fsp3) is 0.929. The van der Waals surface area contributed by atoms with Crippen LogP contribution in [0.4, 0.5) is 0 Å². The average Bonchev–Trinajstić information content (AvgIpc) is 2.55. The minimum Gasteiger partial charge on any atom is -0.363 e. The summed E-state index contributed by atoms with van der Waals surface area (Å²) in [7, 11) is 2.13. The van der Waals surface area contributed by atoms with Crippen molar-refractivity contribution in [2.45, 2.75) is 38.3 Å². The van der Waals surface area contributed by atoms with Gasteiger partial charge in [-0.05, 0) is 33.4 Å². The highest BCUT2D eigenvalue weighted by atomic mass is 16.5. The first-order valence-electron chi connectivity index (χ1n) is 7.37. The van der Waals surface area contributed by atoms with E-state index in [1.165, 1.54) is 0 Å². The van der Waals surface area contributed by atoms with Gasteiger partial charge in [0, 0.05) is 32.2 Å². The van der Waals surface area contributed by atoms with Crippen molar-refractivity contribution < 1.29 is 9.53 Å². The molecule has 0 saturated carbocycles. The molecule has 0 spiro atoms. The number of hydrogen-bond donors (Lipinski definition) is 1. The molecule has 0 bridgehead atoms. The Kier molecular flexibility index (Phi) is 4.81. The van der Waals surface area contributed by atoms with E-state index in [1.807, 2.05) is 4.90 Å². The number of nitrogens with zero attached hydrogens (tertiary/aromatic N) is 2. The SMILES string of the molecule is CCC1CN(C)CCCN1C(=O)COC1(C)CNC1. The van der Waals surface area contributed by atoms with Crippen molar-refractivity contribution in [3.05, 3.63) is 0 Å². The van der Waals surface area contributed by atoms with Gasteiger partial charge in [0.05, 0.1) is 5.60 Å². The lowest BCUT2D eigenvalue weighted by Gasteiger charge is -2.39. The third-order valence-electron chi connectivity index (χ3n) is 4.24. The molecule has 5 heteroatoms. The van der Waals surface area contributed by atoms with Gasteiger partial charge in [-0.3, -0.25) is 4.79 Å². The number of rotatable bonds is 4. The number of carbonyl (C=O) groups excluding carboxylic acids is 1. The third kappa shape index (κ3) is 3.68. The molecular weight excluding hydrogens is 242 g/mol. The molecule has 5 nitrogen and oxygen atoms in total. The summed E-state index contributed by atoms with van der Waals surface area (Å²) < 4.78 is 5.77. The van der Waals surface area contributed by atoms with Gasteiger partial charge in [0.15, 0.2) is 0 Å². The highest BCUT2D eigenvalue weighted by molar-refractivity contribution is 5.78. The maximum atomic E-state index is 12.4. The summed E-state index contributed by atoms with van der Waals surface area (Å²) in [5, 5.41) is 3.18. The first-order chi connectivity index (χ1) is 9.04. The Bertz CT molecular complexity index is 318. The van der Waals surface area contributed by atoms with Crippen molar-refractivity contribution in [1.29, 1.82) is 0 Å². The standard InChI is InChI=1S/C14H27N3O2/c1-4-12-8-16(3)6-5-7-17(12)13(18)9-19-14(2)10-15-11-14/h12,15H,4-11H2,1-3H3. The van der Waals surface area contributed by atoms with E-state index in [-0.39, 0.29) is 18.1 Å². The van der Waals surface area contributed by atoms with Gasteiger partial charge in [0.25, 0.3) is 0 Å². The van der Waals surface area contributed by atoms with Crippen LogP contribution in [0.15, 0.2) is 0 Å². The summed E-state index contributed by atoms with van der Waals surface area (Å²) in [5.41, 5.74) is -0.139. The lowest BCUT2D eigenvalue weighted by atomic mass is 10.0. The monoisotopic (exact) mass is 269 g/mol. The number of amides is 1. The lowest BCUT2D eigenvalue weighted by molar-refractivity contribution is -0.148. The zero-order valence-electron chi connectivity index (χ0n) is 12.4. The van der Waals surface area contributed by atoms with E-state index >= 15 is 0 Å². The molecule has 0 aromatic rings. The van der Waals surface area contributed by atoms with Gasteiger partial charge in [-0.15, -0.1) is 0 Å². The molecule has 2 aliphatic rings. The van der Waals surface area contributed by atoms with E-state index < -0.39 is 0 Å². The van der Waals surface area contributed by atoms with Crippen LogP contribution in [0.3, 0.4) is 0 Å². The largest absolute Gasteiger partial charge is 0.363 e. The molecule has 0 aromatic carbocycles. The van der Waals surface area contributed by atoms with Crippen molar-refractivity contribution in [3.8, 4) is 0 Å². The van der Waals surface area contributed by atoms with Gasteiger partial charge in [0.1, 0.15) is 6.61 Å². The van der Waals surface area contributed by atoms with Crippen LogP contribution in [-0.2, 0) is 9.53 Å². The van der Waals surface area contributed by atoms with Crippen molar-refractivity contribution in [2.24, 2.45) is 0 Å². The normalized spacial score (nSPS) is 27.7. The molecule has 110 valence electrons. The first kappa shape index (κ1) is 14.8. The van der Waals surface area contributed by atoms with E-state index in [0.717, 1.165) is 45.6 Å². The van der Waals surface area contributed by atoms with E-state index in [4.69, 9.17) is 4.74 Å². The number of hydrogen-bond acceptors (Lipinski definition) is 4. The summed E-state index contributed by atoms with van der Waals surface area (Å²) >= 11 is 0. The van der Waals surface area contributed by atoms with E-state index in [2.05, 4.69) is 31.1 Å². The second kappa shape index (κ2) is 6.20. The van der Waals surface area contributed by atoms with Gasteiger partial charge in [0.2, 0.25) is 5.91 Å². The van der Waals surface area contributed by atoms with Gasteiger partial charge >= 0.3 is 0 Å². The fourth-order valence-electron chi connectivity index (χ4n) is 2.82. The summed E-state index contributed by atoms with van der Waals surface area (Å²) in [4.78, 5) is 16.7. The molecule has 2 saturated heterocycles. The van der Waals surface area contributed by atoms with Crippen LogP contribution in [0.2, 0.25) is 0 Å². The maximum absolute atomic E-state index is 12.4. The van der Waals surface area contributed by atoms with E-state index in [0.29, 0.717) is 6.04 Å². The second-order valence-corrected chi connectivity index (χ2v) is 6.11. The molecule has 0 radical (unpaired) electrons. The Labute approximate surface area is 116 Å². The molecule has 0 aliphatic carbocycles. The molecule has 1 amide bonds. The molecule has 2 fully saturated rings. The number of ether oxygens (including phenoxy) is 1. The van der Waals surface area contributed by atoms with Crippen molar-refractivity contribution in [1.82, 2.24) is 15.1 Å². The van der Waals surface area contributed by atoms with Crippen molar-refractivity contribution >= 4 is 5.91 Å². The van der Waals surface area contributed by atoms with Crippen molar-refractivity contribution in [3.63, 3.8) is 0 Å². The first-order valence-corrected chi connectivity index (χ1v) is 7.37. The lowest BCUT2D eigenvalue weighted by Crippen LogP contribution is -2.60. The zero-order valence-corrected chi connectivity index (χ0v) is 12.4. The van der Waals surface area contributed by atoms with Crippen molar-refractivity contribution in [2.75, 3.05) is 46.4 Å².